The van der Waals surface area contributed by atoms with Gasteiger partial charge in [-0.3, -0.25) is 14.8 Å². The van der Waals surface area contributed by atoms with Crippen LogP contribution in [0.4, 0.5) is 0 Å². The van der Waals surface area contributed by atoms with Gasteiger partial charge in [0.2, 0.25) is 5.91 Å². The summed E-state index contributed by atoms with van der Waals surface area (Å²) < 4.78 is 31.0. The molecule has 2 rings (SSSR count). The molecule has 0 aliphatic rings. The van der Waals surface area contributed by atoms with Crippen molar-refractivity contribution in [3.63, 3.8) is 0 Å². The van der Waals surface area contributed by atoms with Crippen molar-refractivity contribution in [3.05, 3.63) is 54.6 Å². The van der Waals surface area contributed by atoms with E-state index in [1.807, 2.05) is 18.2 Å². The zero-order valence-corrected chi connectivity index (χ0v) is 17.2. The standard InChI is InChI=1S/C20H24N2O6S/c1-20(2,3)19(24)21-17(18(23)22-25)13-29(26,27)16-11-9-15(10-12-16)28-14-7-5-4-6-8-14/h4-12,17,25H,13H2,1-3H3,(H,21,24)(H,22,23). The molecule has 0 heterocycles. The second kappa shape index (κ2) is 9.06. The van der Waals surface area contributed by atoms with Crippen molar-refractivity contribution in [3.8, 4) is 11.5 Å². The van der Waals surface area contributed by atoms with Crippen LogP contribution in [-0.2, 0) is 19.4 Å². The Kier molecular flexibility index (Phi) is 6.99. The lowest BCUT2D eigenvalue weighted by molar-refractivity contribution is -0.136. The smallest absolute Gasteiger partial charge is 0.266 e. The quantitative estimate of drug-likeness (QED) is 0.467. The SMILES string of the molecule is CC(C)(C)C(=O)NC(CS(=O)(=O)c1ccc(Oc2ccccc2)cc1)C(=O)NO. The highest BCUT2D eigenvalue weighted by Gasteiger charge is 2.31. The predicted octanol–water partition coefficient (Wildman–Crippen LogP) is 2.29. The van der Waals surface area contributed by atoms with E-state index in [1.165, 1.54) is 29.7 Å². The number of hydroxylamine groups is 1. The number of para-hydroxylation sites is 1. The molecule has 0 radical (unpaired) electrons. The Bertz CT molecular complexity index is 951. The van der Waals surface area contributed by atoms with Crippen molar-refractivity contribution in [1.29, 1.82) is 0 Å². The van der Waals surface area contributed by atoms with Gasteiger partial charge in [-0.25, -0.2) is 13.9 Å². The van der Waals surface area contributed by atoms with Gasteiger partial charge in [0.25, 0.3) is 5.91 Å². The molecule has 3 N–H and O–H groups in total. The Morgan fingerprint density at radius 1 is 1.00 bits per heavy atom. The van der Waals surface area contributed by atoms with Crippen molar-refractivity contribution < 1.29 is 28.0 Å². The van der Waals surface area contributed by atoms with Crippen molar-refractivity contribution in [2.24, 2.45) is 5.41 Å². The van der Waals surface area contributed by atoms with Gasteiger partial charge in [0.1, 0.15) is 17.5 Å². The van der Waals surface area contributed by atoms with Gasteiger partial charge in [-0.05, 0) is 36.4 Å². The number of nitrogens with one attached hydrogen (secondary N) is 2. The van der Waals surface area contributed by atoms with Gasteiger partial charge in [0, 0.05) is 5.41 Å². The van der Waals surface area contributed by atoms with E-state index in [4.69, 9.17) is 9.94 Å². The summed E-state index contributed by atoms with van der Waals surface area (Å²) in [4.78, 5) is 24.0. The van der Waals surface area contributed by atoms with E-state index < -0.39 is 38.9 Å². The average Bonchev–Trinajstić information content (AvgIpc) is 2.67. The number of ether oxygens (including phenoxy) is 1. The molecule has 8 nitrogen and oxygen atoms in total. The first kappa shape index (κ1) is 22.4. The fourth-order valence-corrected chi connectivity index (χ4v) is 3.71. The van der Waals surface area contributed by atoms with Gasteiger partial charge >= 0.3 is 0 Å². The van der Waals surface area contributed by atoms with Crippen LogP contribution >= 0.6 is 0 Å². The van der Waals surface area contributed by atoms with Crippen LogP contribution < -0.4 is 15.5 Å². The molecule has 1 atom stereocenters. The number of hydrogen-bond acceptors (Lipinski definition) is 6. The zero-order valence-electron chi connectivity index (χ0n) is 16.4. The summed E-state index contributed by atoms with van der Waals surface area (Å²) >= 11 is 0. The molecule has 156 valence electrons. The first-order chi connectivity index (χ1) is 13.5. The summed E-state index contributed by atoms with van der Waals surface area (Å²) in [6.45, 7) is 4.86. The molecule has 1 unspecified atom stereocenters. The molecule has 0 saturated heterocycles. The Labute approximate surface area is 169 Å². The number of benzene rings is 2. The van der Waals surface area contributed by atoms with Crippen LogP contribution in [-0.4, -0.2) is 37.2 Å². The summed E-state index contributed by atoms with van der Waals surface area (Å²) in [7, 11) is -3.94. The molecule has 2 aromatic carbocycles. The third-order valence-corrected chi connectivity index (χ3v) is 5.72. The van der Waals surface area contributed by atoms with Crippen molar-refractivity contribution in [2.45, 2.75) is 31.7 Å². The molecular weight excluding hydrogens is 396 g/mol. The first-order valence-corrected chi connectivity index (χ1v) is 10.5. The van der Waals surface area contributed by atoms with E-state index in [0.717, 1.165) is 0 Å². The normalized spacial score (nSPS) is 12.7. The first-order valence-electron chi connectivity index (χ1n) is 8.83. The molecule has 29 heavy (non-hydrogen) atoms. The summed E-state index contributed by atoms with van der Waals surface area (Å²) in [6, 6.07) is 13.3. The molecule has 0 spiro atoms. The number of sulfone groups is 1. The number of carbonyl (C=O) groups is 2. The molecule has 0 aromatic heterocycles. The Morgan fingerprint density at radius 3 is 2.07 bits per heavy atom. The fraction of sp³-hybridized carbons (Fsp3) is 0.300. The van der Waals surface area contributed by atoms with E-state index in [2.05, 4.69) is 5.32 Å². The van der Waals surface area contributed by atoms with E-state index >= 15 is 0 Å². The third-order valence-electron chi connectivity index (χ3n) is 3.96. The highest BCUT2D eigenvalue weighted by molar-refractivity contribution is 7.91. The fourth-order valence-electron chi connectivity index (χ4n) is 2.29. The third kappa shape index (κ3) is 6.30. The largest absolute Gasteiger partial charge is 0.457 e. The Hall–Kier alpha value is -2.91. The molecule has 0 fully saturated rings. The van der Waals surface area contributed by atoms with E-state index in [-0.39, 0.29) is 4.90 Å². The minimum absolute atomic E-state index is 0.0429. The number of amides is 2. The van der Waals surface area contributed by atoms with Crippen molar-refractivity contribution in [1.82, 2.24) is 10.8 Å². The maximum absolute atomic E-state index is 12.7. The molecule has 0 aliphatic heterocycles. The monoisotopic (exact) mass is 420 g/mol. The van der Waals surface area contributed by atoms with Gasteiger partial charge in [-0.15, -0.1) is 0 Å². The van der Waals surface area contributed by atoms with Gasteiger partial charge in [-0.1, -0.05) is 39.0 Å². The highest BCUT2D eigenvalue weighted by atomic mass is 32.2. The lowest BCUT2D eigenvalue weighted by Crippen LogP contribution is -2.52. The van der Waals surface area contributed by atoms with E-state index in [0.29, 0.717) is 11.5 Å². The summed E-state index contributed by atoms with van der Waals surface area (Å²) in [5.41, 5.74) is 0.555. The number of hydrogen-bond donors (Lipinski definition) is 3. The molecule has 0 bridgehead atoms. The maximum atomic E-state index is 12.7. The van der Waals surface area contributed by atoms with Crippen molar-refractivity contribution >= 4 is 21.7 Å². The Morgan fingerprint density at radius 2 is 1.55 bits per heavy atom. The van der Waals surface area contributed by atoms with Crippen LogP contribution in [0.5, 0.6) is 11.5 Å². The maximum Gasteiger partial charge on any atom is 0.266 e. The summed E-state index contributed by atoms with van der Waals surface area (Å²) in [5.74, 6) is -1.20. The molecule has 0 saturated carbocycles. The van der Waals surface area contributed by atoms with Crippen LogP contribution in [0.2, 0.25) is 0 Å². The van der Waals surface area contributed by atoms with Crippen LogP contribution in [0.25, 0.3) is 0 Å². The number of rotatable bonds is 7. The molecular formula is C20H24N2O6S. The van der Waals surface area contributed by atoms with Crippen LogP contribution in [0, 0.1) is 5.41 Å². The lowest BCUT2D eigenvalue weighted by Gasteiger charge is -2.23. The summed E-state index contributed by atoms with van der Waals surface area (Å²) in [5, 5.41) is 11.3. The molecule has 9 heteroatoms. The van der Waals surface area contributed by atoms with Crippen molar-refractivity contribution in [2.75, 3.05) is 5.75 Å². The second-order valence-corrected chi connectivity index (χ2v) is 9.45. The summed E-state index contributed by atoms with van der Waals surface area (Å²) in [6.07, 6.45) is 0. The molecule has 2 amide bonds. The lowest BCUT2D eigenvalue weighted by atomic mass is 9.95. The Balaban J connectivity index is 2.16. The zero-order chi connectivity index (χ0) is 21.7. The molecule has 2 aromatic rings. The van der Waals surface area contributed by atoms with E-state index in [1.54, 1.807) is 32.9 Å². The molecule has 0 aliphatic carbocycles. The number of carbonyl (C=O) groups excluding carboxylic acids is 2. The van der Waals surface area contributed by atoms with Crippen LogP contribution in [0.3, 0.4) is 0 Å². The van der Waals surface area contributed by atoms with Gasteiger partial charge in [-0.2, -0.15) is 0 Å². The average molecular weight is 420 g/mol. The van der Waals surface area contributed by atoms with Gasteiger partial charge in [0.05, 0.1) is 10.6 Å². The second-order valence-electron chi connectivity index (χ2n) is 7.42. The van der Waals surface area contributed by atoms with Crippen LogP contribution in [0.15, 0.2) is 59.5 Å². The topological polar surface area (TPSA) is 122 Å². The highest BCUT2D eigenvalue weighted by Crippen LogP contribution is 2.23. The van der Waals surface area contributed by atoms with Crippen LogP contribution in [0.1, 0.15) is 20.8 Å². The predicted molar refractivity (Wildman–Crippen MR) is 106 cm³/mol. The van der Waals surface area contributed by atoms with Gasteiger partial charge in [0.15, 0.2) is 9.84 Å². The minimum Gasteiger partial charge on any atom is -0.457 e. The van der Waals surface area contributed by atoms with E-state index in [9.17, 15) is 18.0 Å². The van der Waals surface area contributed by atoms with Gasteiger partial charge < -0.3 is 10.1 Å². The minimum atomic E-state index is -3.94.